The molecule has 0 atom stereocenters. The maximum atomic E-state index is 11.5. The smallest absolute Gasteiger partial charge is 0.345 e. The molecule has 0 radical (unpaired) electrons. The normalized spacial score (nSPS) is 10.2. The summed E-state index contributed by atoms with van der Waals surface area (Å²) in [7, 11) is 0. The molecule has 18 heavy (non-hydrogen) atoms. The number of aromatic nitrogens is 1. The van der Waals surface area contributed by atoms with Gasteiger partial charge in [0.2, 0.25) is 0 Å². The molecule has 0 saturated heterocycles. The van der Waals surface area contributed by atoms with Crippen molar-refractivity contribution in [2.45, 2.75) is 0 Å². The summed E-state index contributed by atoms with van der Waals surface area (Å²) in [4.78, 5) is 24.5. The molecule has 6 heteroatoms. The van der Waals surface area contributed by atoms with Crippen LogP contribution in [0.3, 0.4) is 0 Å². The van der Waals surface area contributed by atoms with Crippen LogP contribution in [0.2, 0.25) is 0 Å². The van der Waals surface area contributed by atoms with Crippen molar-refractivity contribution in [1.82, 2.24) is 4.98 Å². The monoisotopic (exact) mass is 247 g/mol. The highest BCUT2D eigenvalue weighted by Gasteiger charge is 2.22. The van der Waals surface area contributed by atoms with Gasteiger partial charge in [-0.05, 0) is 0 Å². The molecule has 0 aliphatic heterocycles. The molecule has 0 fully saturated rings. The number of hydrogen-bond acceptors (Lipinski definition) is 4. The highest BCUT2D eigenvalue weighted by molar-refractivity contribution is 5.92. The predicted molar refractivity (Wildman–Crippen MR) is 62.8 cm³/mol. The number of rotatable bonds is 2. The quantitative estimate of drug-likeness (QED) is 0.636. The first kappa shape index (κ1) is 11.7. The fourth-order valence-electron chi connectivity index (χ4n) is 1.59. The van der Waals surface area contributed by atoms with Crippen molar-refractivity contribution >= 4 is 5.97 Å². The molecular formula is C12H9NO5. The van der Waals surface area contributed by atoms with E-state index in [-0.39, 0.29) is 5.69 Å². The van der Waals surface area contributed by atoms with Gasteiger partial charge in [-0.2, -0.15) is 0 Å². The SMILES string of the molecule is O=C(O)c1c(O)c(O)c(-c2ccccc2)[nH]c1=O. The van der Waals surface area contributed by atoms with Gasteiger partial charge in [0, 0.05) is 5.56 Å². The average molecular weight is 247 g/mol. The van der Waals surface area contributed by atoms with Crippen molar-refractivity contribution in [3.05, 3.63) is 46.2 Å². The highest BCUT2D eigenvalue weighted by Crippen LogP contribution is 2.35. The summed E-state index contributed by atoms with van der Waals surface area (Å²) in [5, 5.41) is 28.0. The Labute approximate surface area is 101 Å². The standard InChI is InChI=1S/C12H9NO5/c14-9-7(12(17)18)11(16)13-8(10(9)15)6-4-2-1-3-5-6/h1-5,15H,(H,17,18)(H2,13,14,16). The van der Waals surface area contributed by atoms with E-state index >= 15 is 0 Å². The van der Waals surface area contributed by atoms with Gasteiger partial charge in [0.25, 0.3) is 5.56 Å². The summed E-state index contributed by atoms with van der Waals surface area (Å²) in [6.45, 7) is 0. The zero-order valence-electron chi connectivity index (χ0n) is 9.04. The van der Waals surface area contributed by atoms with Crippen molar-refractivity contribution < 1.29 is 20.1 Å². The molecule has 0 aliphatic carbocycles. The third kappa shape index (κ3) is 1.80. The third-order valence-corrected chi connectivity index (χ3v) is 2.44. The lowest BCUT2D eigenvalue weighted by Gasteiger charge is -2.08. The van der Waals surface area contributed by atoms with Crippen molar-refractivity contribution in [3.63, 3.8) is 0 Å². The summed E-state index contributed by atoms with van der Waals surface area (Å²) in [5.74, 6) is -3.22. The lowest BCUT2D eigenvalue weighted by atomic mass is 10.1. The van der Waals surface area contributed by atoms with Crippen LogP contribution < -0.4 is 5.56 Å². The third-order valence-electron chi connectivity index (χ3n) is 2.44. The molecule has 0 amide bonds. The van der Waals surface area contributed by atoms with Gasteiger partial charge < -0.3 is 20.3 Å². The van der Waals surface area contributed by atoms with E-state index in [0.29, 0.717) is 5.56 Å². The molecule has 6 nitrogen and oxygen atoms in total. The molecule has 0 unspecified atom stereocenters. The fraction of sp³-hybridized carbons (Fsp3) is 0. The number of aromatic carboxylic acids is 1. The number of pyridine rings is 1. The molecule has 2 aromatic rings. The second-order valence-electron chi connectivity index (χ2n) is 3.57. The molecule has 0 spiro atoms. The first-order valence-electron chi connectivity index (χ1n) is 4.99. The van der Waals surface area contributed by atoms with Gasteiger partial charge in [0.05, 0.1) is 5.69 Å². The fourth-order valence-corrected chi connectivity index (χ4v) is 1.59. The summed E-state index contributed by atoms with van der Waals surface area (Å²) >= 11 is 0. The van der Waals surface area contributed by atoms with Crippen LogP contribution in [0.15, 0.2) is 35.1 Å². The van der Waals surface area contributed by atoms with Gasteiger partial charge in [-0.1, -0.05) is 30.3 Å². The second kappa shape index (κ2) is 4.25. The average Bonchev–Trinajstić information content (AvgIpc) is 2.34. The topological polar surface area (TPSA) is 111 Å². The van der Waals surface area contributed by atoms with E-state index in [1.165, 1.54) is 0 Å². The van der Waals surface area contributed by atoms with Gasteiger partial charge in [-0.25, -0.2) is 4.79 Å². The molecule has 1 aromatic heterocycles. The van der Waals surface area contributed by atoms with Crippen LogP contribution in [-0.4, -0.2) is 26.3 Å². The van der Waals surface area contributed by atoms with Gasteiger partial charge in [0.15, 0.2) is 17.1 Å². The Hall–Kier alpha value is -2.76. The van der Waals surface area contributed by atoms with Crippen molar-refractivity contribution in [2.24, 2.45) is 0 Å². The van der Waals surface area contributed by atoms with E-state index in [0.717, 1.165) is 0 Å². The minimum Gasteiger partial charge on any atom is -0.503 e. The van der Waals surface area contributed by atoms with E-state index in [2.05, 4.69) is 4.98 Å². The van der Waals surface area contributed by atoms with Crippen molar-refractivity contribution in [1.29, 1.82) is 0 Å². The number of aromatic amines is 1. The molecule has 92 valence electrons. The highest BCUT2D eigenvalue weighted by atomic mass is 16.4. The number of aromatic hydroxyl groups is 2. The first-order chi connectivity index (χ1) is 8.52. The zero-order valence-corrected chi connectivity index (χ0v) is 9.04. The molecule has 2 rings (SSSR count). The van der Waals surface area contributed by atoms with Gasteiger partial charge >= 0.3 is 5.97 Å². The van der Waals surface area contributed by atoms with Crippen molar-refractivity contribution in [2.75, 3.05) is 0 Å². The number of carbonyl (C=O) groups is 1. The number of nitrogens with one attached hydrogen (secondary N) is 1. The molecule has 0 saturated carbocycles. The Morgan fingerprint density at radius 3 is 2.22 bits per heavy atom. The predicted octanol–water partition coefficient (Wildman–Crippen LogP) is 1.15. The maximum absolute atomic E-state index is 11.5. The second-order valence-corrected chi connectivity index (χ2v) is 3.57. The van der Waals surface area contributed by atoms with Crippen LogP contribution in [0.1, 0.15) is 10.4 Å². The lowest BCUT2D eigenvalue weighted by molar-refractivity contribution is 0.0691. The van der Waals surface area contributed by atoms with Crippen LogP contribution in [-0.2, 0) is 0 Å². The number of hydrogen-bond donors (Lipinski definition) is 4. The van der Waals surface area contributed by atoms with Crippen LogP contribution in [0.4, 0.5) is 0 Å². The van der Waals surface area contributed by atoms with Crippen LogP contribution in [0.25, 0.3) is 11.3 Å². The lowest BCUT2D eigenvalue weighted by Crippen LogP contribution is -2.18. The Balaban J connectivity index is 2.74. The van der Waals surface area contributed by atoms with E-state index in [4.69, 9.17) is 5.11 Å². The van der Waals surface area contributed by atoms with Gasteiger partial charge in [-0.3, -0.25) is 4.79 Å². The zero-order chi connectivity index (χ0) is 13.3. The van der Waals surface area contributed by atoms with Crippen LogP contribution >= 0.6 is 0 Å². The minimum atomic E-state index is -1.61. The summed E-state index contributed by atoms with van der Waals surface area (Å²) in [5.41, 5.74) is -1.42. The Bertz CT molecular complexity index is 660. The molecular weight excluding hydrogens is 238 g/mol. The number of H-pyrrole nitrogens is 1. The maximum Gasteiger partial charge on any atom is 0.345 e. The number of benzene rings is 1. The number of carboxylic acids is 1. The van der Waals surface area contributed by atoms with E-state index in [1.54, 1.807) is 30.3 Å². The molecule has 4 N–H and O–H groups in total. The Morgan fingerprint density at radius 2 is 1.67 bits per heavy atom. The van der Waals surface area contributed by atoms with Crippen molar-refractivity contribution in [3.8, 4) is 22.8 Å². The molecule has 1 heterocycles. The molecule has 0 aliphatic rings. The van der Waals surface area contributed by atoms with E-state index < -0.39 is 28.6 Å². The molecule has 0 bridgehead atoms. The molecule has 1 aromatic carbocycles. The first-order valence-corrected chi connectivity index (χ1v) is 4.99. The summed E-state index contributed by atoms with van der Waals surface area (Å²) in [6.07, 6.45) is 0. The van der Waals surface area contributed by atoms with E-state index in [9.17, 15) is 19.8 Å². The van der Waals surface area contributed by atoms with Crippen LogP contribution in [0, 0.1) is 0 Å². The largest absolute Gasteiger partial charge is 0.503 e. The van der Waals surface area contributed by atoms with Crippen LogP contribution in [0.5, 0.6) is 11.5 Å². The summed E-state index contributed by atoms with van der Waals surface area (Å²) in [6, 6.07) is 8.30. The Kier molecular flexibility index (Phi) is 2.77. The van der Waals surface area contributed by atoms with Gasteiger partial charge in [-0.15, -0.1) is 0 Å². The van der Waals surface area contributed by atoms with E-state index in [1.807, 2.05) is 0 Å². The number of carboxylic acid groups (broad SMARTS) is 1. The summed E-state index contributed by atoms with van der Waals surface area (Å²) < 4.78 is 0. The Morgan fingerprint density at radius 1 is 1.06 bits per heavy atom. The minimum absolute atomic E-state index is 0.0249. The van der Waals surface area contributed by atoms with Gasteiger partial charge in [0.1, 0.15) is 0 Å².